The Labute approximate surface area is 123 Å². The Morgan fingerprint density at radius 1 is 1.30 bits per heavy atom. The van der Waals surface area contributed by atoms with Gasteiger partial charge in [0.25, 0.3) is 0 Å². The number of morpholine rings is 1. The van der Waals surface area contributed by atoms with Crippen molar-refractivity contribution in [3.63, 3.8) is 0 Å². The van der Waals surface area contributed by atoms with Crippen LogP contribution in [0.1, 0.15) is 40.0 Å². The zero-order valence-corrected chi connectivity index (χ0v) is 13.8. The molecule has 1 fully saturated rings. The lowest BCUT2D eigenvalue weighted by Gasteiger charge is -2.46. The fourth-order valence-electron chi connectivity index (χ4n) is 2.70. The molecule has 0 bridgehead atoms. The van der Waals surface area contributed by atoms with Crippen molar-refractivity contribution in [2.24, 2.45) is 0 Å². The molecule has 120 valence electrons. The number of aliphatic hydroxyl groups is 1. The minimum atomic E-state index is -2.94. The topological polar surface area (TPSA) is 66.8 Å². The van der Waals surface area contributed by atoms with Crippen LogP contribution in [0.25, 0.3) is 0 Å². The Hall–Kier alpha value is -0.170. The fraction of sp³-hybridized carbons (Fsp3) is 1.00. The molecule has 0 aromatic heterocycles. The van der Waals surface area contributed by atoms with E-state index in [2.05, 4.69) is 18.7 Å². The Bertz CT molecular complexity index is 379. The van der Waals surface area contributed by atoms with Crippen LogP contribution >= 0.6 is 0 Å². The third kappa shape index (κ3) is 4.69. The highest BCUT2D eigenvalue weighted by Gasteiger charge is 2.37. The molecule has 0 aliphatic carbocycles. The number of rotatable bonds is 8. The Kier molecular flexibility index (Phi) is 6.91. The lowest BCUT2D eigenvalue weighted by molar-refractivity contribution is -0.0740. The smallest absolute Gasteiger partial charge is 0.150 e. The van der Waals surface area contributed by atoms with Crippen molar-refractivity contribution < 1.29 is 18.3 Å². The molecule has 1 aliphatic rings. The summed E-state index contributed by atoms with van der Waals surface area (Å²) in [6.45, 7) is 8.86. The van der Waals surface area contributed by atoms with Gasteiger partial charge in [0.1, 0.15) is 9.84 Å². The second kappa shape index (κ2) is 7.73. The minimum Gasteiger partial charge on any atom is -0.391 e. The number of sulfone groups is 1. The van der Waals surface area contributed by atoms with E-state index in [0.29, 0.717) is 26.1 Å². The summed E-state index contributed by atoms with van der Waals surface area (Å²) in [6.07, 6.45) is 1.39. The van der Waals surface area contributed by atoms with Gasteiger partial charge in [-0.2, -0.15) is 0 Å². The van der Waals surface area contributed by atoms with Gasteiger partial charge in [-0.3, -0.25) is 4.90 Å². The van der Waals surface area contributed by atoms with Crippen LogP contribution in [0.2, 0.25) is 0 Å². The highest BCUT2D eigenvalue weighted by atomic mass is 32.2. The third-order valence-corrected chi connectivity index (χ3v) is 6.33. The summed E-state index contributed by atoms with van der Waals surface area (Å²) in [7, 11) is -2.94. The maximum absolute atomic E-state index is 11.5. The first-order valence-electron chi connectivity index (χ1n) is 7.57. The lowest BCUT2D eigenvalue weighted by atomic mass is 9.86. The van der Waals surface area contributed by atoms with Gasteiger partial charge in [0.15, 0.2) is 0 Å². The van der Waals surface area contributed by atoms with Gasteiger partial charge in [-0.15, -0.1) is 0 Å². The normalized spacial score (nSPS) is 22.4. The van der Waals surface area contributed by atoms with E-state index in [1.165, 1.54) is 0 Å². The molecular weight excluding hydrogens is 278 g/mol. The summed E-state index contributed by atoms with van der Waals surface area (Å²) >= 11 is 0. The van der Waals surface area contributed by atoms with Crippen LogP contribution in [-0.4, -0.2) is 67.9 Å². The van der Waals surface area contributed by atoms with Crippen molar-refractivity contribution in [1.29, 1.82) is 0 Å². The number of nitrogens with zero attached hydrogens (tertiary/aromatic N) is 1. The molecule has 0 saturated carbocycles. The highest BCUT2D eigenvalue weighted by Crippen LogP contribution is 2.27. The molecular formula is C14H29NO4S. The van der Waals surface area contributed by atoms with Crippen molar-refractivity contribution in [3.8, 4) is 0 Å². The molecule has 0 amide bonds. The van der Waals surface area contributed by atoms with E-state index in [4.69, 9.17) is 4.74 Å². The summed E-state index contributed by atoms with van der Waals surface area (Å²) in [4.78, 5) is 2.27. The van der Waals surface area contributed by atoms with Gasteiger partial charge in [0.05, 0.1) is 25.1 Å². The zero-order valence-electron chi connectivity index (χ0n) is 13.0. The van der Waals surface area contributed by atoms with Crippen molar-refractivity contribution >= 4 is 9.84 Å². The van der Waals surface area contributed by atoms with Crippen molar-refractivity contribution in [1.82, 2.24) is 4.90 Å². The van der Waals surface area contributed by atoms with Crippen LogP contribution in [0.5, 0.6) is 0 Å². The van der Waals surface area contributed by atoms with E-state index < -0.39 is 15.9 Å². The Morgan fingerprint density at radius 3 is 2.40 bits per heavy atom. The molecule has 1 saturated heterocycles. The predicted molar refractivity (Wildman–Crippen MR) is 80.7 cm³/mol. The lowest BCUT2D eigenvalue weighted by Crippen LogP contribution is -2.57. The standard InChI is InChI=1S/C14H29NO4S/c1-4-14(3,15-8-10-19-11-9-15)13(16)7-6-12-20(17,18)5-2/h13,16H,4-12H2,1-3H3. The van der Waals surface area contributed by atoms with Crippen LogP contribution in [0.3, 0.4) is 0 Å². The monoisotopic (exact) mass is 307 g/mol. The third-order valence-electron chi connectivity index (χ3n) is 4.54. The first-order chi connectivity index (χ1) is 9.35. The van der Waals surface area contributed by atoms with Crippen LogP contribution in [-0.2, 0) is 14.6 Å². The number of ether oxygens (including phenoxy) is 1. The average Bonchev–Trinajstić information content (AvgIpc) is 2.47. The summed E-state index contributed by atoms with van der Waals surface area (Å²) in [5.41, 5.74) is -0.292. The Morgan fingerprint density at radius 2 is 1.90 bits per heavy atom. The first kappa shape index (κ1) is 17.9. The molecule has 20 heavy (non-hydrogen) atoms. The second-order valence-electron chi connectivity index (χ2n) is 5.70. The van der Waals surface area contributed by atoms with Crippen molar-refractivity contribution in [2.45, 2.75) is 51.7 Å². The fourth-order valence-corrected chi connectivity index (χ4v) is 3.59. The molecule has 1 N–H and O–H groups in total. The molecule has 0 radical (unpaired) electrons. The summed E-state index contributed by atoms with van der Waals surface area (Å²) < 4.78 is 28.3. The molecule has 2 atom stereocenters. The van der Waals surface area contributed by atoms with E-state index in [1.807, 2.05) is 0 Å². The SMILES string of the molecule is CCC(C)(C(O)CCCS(=O)(=O)CC)N1CCOCC1. The molecule has 0 aromatic rings. The number of aliphatic hydroxyl groups excluding tert-OH is 1. The molecule has 1 heterocycles. The van der Waals surface area contributed by atoms with Crippen molar-refractivity contribution in [2.75, 3.05) is 37.8 Å². The van der Waals surface area contributed by atoms with E-state index in [9.17, 15) is 13.5 Å². The summed E-state index contributed by atoms with van der Waals surface area (Å²) in [5, 5.41) is 10.5. The Balaban J connectivity index is 2.55. The minimum absolute atomic E-state index is 0.170. The van der Waals surface area contributed by atoms with E-state index in [1.54, 1.807) is 6.92 Å². The van der Waals surface area contributed by atoms with Crippen LogP contribution < -0.4 is 0 Å². The molecule has 1 aliphatic heterocycles. The zero-order chi connectivity index (χ0) is 15.2. The second-order valence-corrected chi connectivity index (χ2v) is 8.18. The molecule has 6 heteroatoms. The van der Waals surface area contributed by atoms with E-state index in [0.717, 1.165) is 19.5 Å². The molecule has 5 nitrogen and oxygen atoms in total. The van der Waals surface area contributed by atoms with Gasteiger partial charge in [-0.25, -0.2) is 8.42 Å². The maximum Gasteiger partial charge on any atom is 0.150 e. The van der Waals surface area contributed by atoms with Crippen LogP contribution in [0.15, 0.2) is 0 Å². The van der Waals surface area contributed by atoms with Gasteiger partial charge in [0, 0.05) is 24.4 Å². The van der Waals surface area contributed by atoms with Gasteiger partial charge in [-0.1, -0.05) is 13.8 Å². The number of hydrogen-bond acceptors (Lipinski definition) is 5. The number of hydrogen-bond donors (Lipinski definition) is 1. The van der Waals surface area contributed by atoms with Crippen molar-refractivity contribution in [3.05, 3.63) is 0 Å². The van der Waals surface area contributed by atoms with Gasteiger partial charge < -0.3 is 9.84 Å². The van der Waals surface area contributed by atoms with Gasteiger partial charge >= 0.3 is 0 Å². The van der Waals surface area contributed by atoms with E-state index in [-0.39, 0.29) is 17.0 Å². The predicted octanol–water partition coefficient (Wildman–Crippen LogP) is 1.06. The molecule has 1 rings (SSSR count). The quantitative estimate of drug-likeness (QED) is 0.726. The van der Waals surface area contributed by atoms with Gasteiger partial charge in [-0.05, 0) is 26.2 Å². The summed E-state index contributed by atoms with van der Waals surface area (Å²) in [6, 6.07) is 0. The first-order valence-corrected chi connectivity index (χ1v) is 9.39. The van der Waals surface area contributed by atoms with Gasteiger partial charge in [0.2, 0.25) is 0 Å². The van der Waals surface area contributed by atoms with Crippen LogP contribution in [0, 0.1) is 0 Å². The highest BCUT2D eigenvalue weighted by molar-refractivity contribution is 7.91. The summed E-state index contributed by atoms with van der Waals surface area (Å²) in [5.74, 6) is 0.348. The average molecular weight is 307 g/mol. The largest absolute Gasteiger partial charge is 0.391 e. The maximum atomic E-state index is 11.5. The molecule has 0 spiro atoms. The van der Waals surface area contributed by atoms with Crippen LogP contribution in [0.4, 0.5) is 0 Å². The molecule has 0 aromatic carbocycles. The van der Waals surface area contributed by atoms with E-state index >= 15 is 0 Å². The molecule has 2 unspecified atom stereocenters.